The molecule has 0 aliphatic heterocycles. The Balaban J connectivity index is 1.90. The SMILES string of the molecule is OC[C@H](O)COC1CC1. The highest BCUT2D eigenvalue weighted by Gasteiger charge is 2.22. The van der Waals surface area contributed by atoms with E-state index in [1.807, 2.05) is 0 Å². The molecule has 54 valence electrons. The molecule has 0 heterocycles. The summed E-state index contributed by atoms with van der Waals surface area (Å²) in [4.78, 5) is 0. The summed E-state index contributed by atoms with van der Waals surface area (Å²) < 4.78 is 5.10. The maximum atomic E-state index is 8.76. The van der Waals surface area contributed by atoms with Crippen LogP contribution in [-0.2, 0) is 4.74 Å². The van der Waals surface area contributed by atoms with Gasteiger partial charge >= 0.3 is 0 Å². The monoisotopic (exact) mass is 132 g/mol. The van der Waals surface area contributed by atoms with Crippen molar-refractivity contribution in [2.45, 2.75) is 25.0 Å². The fourth-order valence-corrected chi connectivity index (χ4v) is 0.535. The van der Waals surface area contributed by atoms with E-state index in [0.29, 0.717) is 6.10 Å². The lowest BCUT2D eigenvalue weighted by Gasteiger charge is -2.05. The first-order valence-corrected chi connectivity index (χ1v) is 3.23. The van der Waals surface area contributed by atoms with E-state index in [4.69, 9.17) is 14.9 Å². The summed E-state index contributed by atoms with van der Waals surface area (Å²) in [5.41, 5.74) is 0. The molecule has 1 aliphatic rings. The highest BCUT2D eigenvalue weighted by molar-refractivity contribution is 4.73. The minimum atomic E-state index is -0.689. The van der Waals surface area contributed by atoms with E-state index in [1.165, 1.54) is 0 Å². The second-order valence-electron chi connectivity index (χ2n) is 2.37. The van der Waals surface area contributed by atoms with Crippen LogP contribution < -0.4 is 0 Å². The molecule has 0 unspecified atom stereocenters. The first-order valence-electron chi connectivity index (χ1n) is 3.23. The van der Waals surface area contributed by atoms with Gasteiger partial charge in [-0.2, -0.15) is 0 Å². The molecule has 0 radical (unpaired) electrons. The lowest BCUT2D eigenvalue weighted by molar-refractivity contribution is -0.000178. The molecule has 2 N–H and O–H groups in total. The van der Waals surface area contributed by atoms with Crippen molar-refractivity contribution in [2.24, 2.45) is 0 Å². The molecule has 0 aromatic heterocycles. The van der Waals surface area contributed by atoms with Crippen molar-refractivity contribution < 1.29 is 14.9 Å². The van der Waals surface area contributed by atoms with Crippen molar-refractivity contribution in [1.29, 1.82) is 0 Å². The molecule has 0 bridgehead atoms. The third-order valence-electron chi connectivity index (χ3n) is 1.26. The zero-order chi connectivity index (χ0) is 6.69. The van der Waals surface area contributed by atoms with Crippen LogP contribution in [0, 0.1) is 0 Å². The minimum Gasteiger partial charge on any atom is -0.394 e. The quantitative estimate of drug-likeness (QED) is 0.543. The van der Waals surface area contributed by atoms with E-state index in [9.17, 15) is 0 Å². The average Bonchev–Trinajstić information content (AvgIpc) is 2.65. The Labute approximate surface area is 54.3 Å². The predicted octanol–water partition coefficient (Wildman–Crippen LogP) is -0.481. The van der Waals surface area contributed by atoms with Gasteiger partial charge in [-0.3, -0.25) is 0 Å². The van der Waals surface area contributed by atoms with Gasteiger partial charge in [0.2, 0.25) is 0 Å². The summed E-state index contributed by atoms with van der Waals surface area (Å²) in [5.74, 6) is 0. The molecule has 3 heteroatoms. The van der Waals surface area contributed by atoms with Crippen molar-refractivity contribution in [3.63, 3.8) is 0 Å². The first kappa shape index (κ1) is 6.99. The fraction of sp³-hybridized carbons (Fsp3) is 1.00. The largest absolute Gasteiger partial charge is 0.394 e. The van der Waals surface area contributed by atoms with E-state index in [2.05, 4.69) is 0 Å². The number of aliphatic hydroxyl groups is 2. The van der Waals surface area contributed by atoms with Gasteiger partial charge in [0.05, 0.1) is 19.3 Å². The molecule has 0 saturated heterocycles. The summed E-state index contributed by atoms with van der Waals surface area (Å²) in [6, 6.07) is 0. The first-order chi connectivity index (χ1) is 4.33. The molecule has 0 aromatic rings. The molecule has 1 aliphatic carbocycles. The topological polar surface area (TPSA) is 49.7 Å². The van der Waals surface area contributed by atoms with Crippen LogP contribution in [0.15, 0.2) is 0 Å². The van der Waals surface area contributed by atoms with Crippen molar-refractivity contribution in [2.75, 3.05) is 13.2 Å². The molecular weight excluding hydrogens is 120 g/mol. The zero-order valence-corrected chi connectivity index (χ0v) is 5.29. The molecule has 3 nitrogen and oxygen atoms in total. The predicted molar refractivity (Wildman–Crippen MR) is 32.1 cm³/mol. The summed E-state index contributed by atoms with van der Waals surface area (Å²) >= 11 is 0. The van der Waals surface area contributed by atoms with Crippen LogP contribution in [0.1, 0.15) is 12.8 Å². The van der Waals surface area contributed by atoms with Gasteiger partial charge in [0.1, 0.15) is 6.10 Å². The third kappa shape index (κ3) is 2.79. The van der Waals surface area contributed by atoms with Crippen LogP contribution in [0.3, 0.4) is 0 Å². The normalized spacial score (nSPS) is 22.0. The summed E-state index contributed by atoms with van der Waals surface area (Å²) in [6.45, 7) is 0.0773. The molecule has 0 aromatic carbocycles. The van der Waals surface area contributed by atoms with Gasteiger partial charge < -0.3 is 14.9 Å². The lowest BCUT2D eigenvalue weighted by Crippen LogP contribution is -2.19. The lowest BCUT2D eigenvalue weighted by atomic mass is 10.4. The van der Waals surface area contributed by atoms with Crippen molar-refractivity contribution in [3.05, 3.63) is 0 Å². The van der Waals surface area contributed by atoms with Crippen LogP contribution in [0.4, 0.5) is 0 Å². The molecule has 1 saturated carbocycles. The number of ether oxygens (including phenoxy) is 1. The number of hydrogen-bond acceptors (Lipinski definition) is 3. The molecular formula is C6H12O3. The van der Waals surface area contributed by atoms with E-state index >= 15 is 0 Å². The summed E-state index contributed by atoms with van der Waals surface area (Å²) in [7, 11) is 0. The molecule has 0 amide bonds. The standard InChI is InChI=1S/C6H12O3/c7-3-5(8)4-9-6-1-2-6/h5-8H,1-4H2/t5-/m0/s1. The third-order valence-corrected chi connectivity index (χ3v) is 1.26. The smallest absolute Gasteiger partial charge is 0.100 e. The second-order valence-corrected chi connectivity index (χ2v) is 2.37. The van der Waals surface area contributed by atoms with E-state index in [1.54, 1.807) is 0 Å². The summed E-state index contributed by atoms with van der Waals surface area (Å²) in [6.07, 6.45) is 1.90. The van der Waals surface area contributed by atoms with Gasteiger partial charge in [-0.05, 0) is 12.8 Å². The van der Waals surface area contributed by atoms with Crippen LogP contribution in [0.5, 0.6) is 0 Å². The molecule has 1 atom stereocenters. The molecule has 9 heavy (non-hydrogen) atoms. The van der Waals surface area contributed by atoms with Gasteiger partial charge in [-0.15, -0.1) is 0 Å². The van der Waals surface area contributed by atoms with Gasteiger partial charge in [0.25, 0.3) is 0 Å². The van der Waals surface area contributed by atoms with E-state index in [0.717, 1.165) is 12.8 Å². The van der Waals surface area contributed by atoms with Gasteiger partial charge in [-0.1, -0.05) is 0 Å². The highest BCUT2D eigenvalue weighted by atomic mass is 16.5. The van der Waals surface area contributed by atoms with Crippen LogP contribution in [0.2, 0.25) is 0 Å². The Kier molecular flexibility index (Phi) is 2.45. The Morgan fingerprint density at radius 3 is 2.67 bits per heavy atom. The number of rotatable bonds is 4. The van der Waals surface area contributed by atoms with E-state index < -0.39 is 6.10 Å². The van der Waals surface area contributed by atoms with Crippen LogP contribution in [0.25, 0.3) is 0 Å². The Morgan fingerprint density at radius 1 is 1.56 bits per heavy atom. The van der Waals surface area contributed by atoms with Gasteiger partial charge in [0.15, 0.2) is 0 Å². The Bertz CT molecular complexity index is 80.4. The minimum absolute atomic E-state index is 0.202. The second kappa shape index (κ2) is 3.15. The Hall–Kier alpha value is -0.120. The van der Waals surface area contributed by atoms with Gasteiger partial charge in [0, 0.05) is 0 Å². The van der Waals surface area contributed by atoms with Crippen LogP contribution in [-0.4, -0.2) is 35.6 Å². The van der Waals surface area contributed by atoms with Crippen molar-refractivity contribution in [3.8, 4) is 0 Å². The van der Waals surface area contributed by atoms with Gasteiger partial charge in [-0.25, -0.2) is 0 Å². The molecule has 1 rings (SSSR count). The molecule has 0 spiro atoms. The molecule has 1 fully saturated rings. The number of hydrogen-bond donors (Lipinski definition) is 2. The van der Waals surface area contributed by atoms with E-state index in [-0.39, 0.29) is 13.2 Å². The maximum absolute atomic E-state index is 8.76. The van der Waals surface area contributed by atoms with Crippen molar-refractivity contribution >= 4 is 0 Å². The highest BCUT2D eigenvalue weighted by Crippen LogP contribution is 2.23. The zero-order valence-electron chi connectivity index (χ0n) is 5.29. The number of aliphatic hydroxyl groups excluding tert-OH is 2. The summed E-state index contributed by atoms with van der Waals surface area (Å²) in [5, 5.41) is 17.1. The Morgan fingerprint density at radius 2 is 2.22 bits per heavy atom. The maximum Gasteiger partial charge on any atom is 0.100 e. The van der Waals surface area contributed by atoms with Crippen molar-refractivity contribution in [1.82, 2.24) is 0 Å². The van der Waals surface area contributed by atoms with Crippen LogP contribution >= 0.6 is 0 Å². The fourth-order valence-electron chi connectivity index (χ4n) is 0.535. The average molecular weight is 132 g/mol.